The molecule has 3 nitrogen and oxygen atoms in total. The van der Waals surface area contributed by atoms with Gasteiger partial charge in [-0.1, -0.05) is 26.5 Å². The van der Waals surface area contributed by atoms with E-state index in [0.717, 1.165) is 37.6 Å². The van der Waals surface area contributed by atoms with Crippen LogP contribution >= 0.6 is 0 Å². The number of nitrogens with two attached hydrogens (primary N) is 1. The zero-order valence-corrected chi connectivity index (χ0v) is 12.4. The Labute approximate surface area is 113 Å². The van der Waals surface area contributed by atoms with E-state index in [1.54, 1.807) is 0 Å². The van der Waals surface area contributed by atoms with Gasteiger partial charge < -0.3 is 15.5 Å². The highest BCUT2D eigenvalue weighted by Gasteiger charge is 2.14. The molecule has 0 radical (unpaired) electrons. The number of hydrogen-bond acceptors (Lipinski definition) is 3. The second-order valence-electron chi connectivity index (χ2n) is 4.19. The zero-order chi connectivity index (χ0) is 14.0. The molecule has 0 saturated carbocycles. The Morgan fingerprint density at radius 1 is 1.17 bits per heavy atom. The largest absolute Gasteiger partial charge is 0.397 e. The van der Waals surface area contributed by atoms with Gasteiger partial charge in [-0.2, -0.15) is 0 Å². The van der Waals surface area contributed by atoms with Gasteiger partial charge in [0.15, 0.2) is 0 Å². The molecule has 18 heavy (non-hydrogen) atoms. The fraction of sp³-hybridized carbons (Fsp3) is 0.600. The lowest BCUT2D eigenvalue weighted by atomic mass is 10.2. The third kappa shape index (κ3) is 5.41. The Hall–Kier alpha value is -1.22. The minimum atomic E-state index is 0.807. The predicted molar refractivity (Wildman–Crippen MR) is 81.3 cm³/mol. The molecular weight excluding hydrogens is 222 g/mol. The molecule has 0 spiro atoms. The van der Waals surface area contributed by atoms with E-state index < -0.39 is 0 Å². The van der Waals surface area contributed by atoms with E-state index in [1.807, 2.05) is 39.0 Å². The summed E-state index contributed by atoms with van der Waals surface area (Å²) < 4.78 is 0. The molecule has 0 unspecified atom stereocenters. The van der Waals surface area contributed by atoms with Crippen LogP contribution in [0.3, 0.4) is 0 Å². The first kappa shape index (κ1) is 16.8. The Morgan fingerprint density at radius 3 is 2.39 bits per heavy atom. The molecule has 1 aliphatic heterocycles. The van der Waals surface area contributed by atoms with Gasteiger partial charge in [0.25, 0.3) is 0 Å². The first-order chi connectivity index (χ1) is 8.69. The van der Waals surface area contributed by atoms with Crippen LogP contribution in [0.15, 0.2) is 36.2 Å². The average Bonchev–Trinajstić information content (AvgIpc) is 2.59. The number of allylic oxidation sites excluding steroid dienone is 3. The van der Waals surface area contributed by atoms with E-state index in [-0.39, 0.29) is 0 Å². The van der Waals surface area contributed by atoms with Crippen LogP contribution in [0.2, 0.25) is 0 Å². The van der Waals surface area contributed by atoms with Crippen LogP contribution < -0.4 is 5.73 Å². The van der Waals surface area contributed by atoms with Crippen molar-refractivity contribution in [2.45, 2.75) is 27.2 Å². The van der Waals surface area contributed by atoms with Gasteiger partial charge in [-0.05, 0) is 39.1 Å². The van der Waals surface area contributed by atoms with Gasteiger partial charge in [0, 0.05) is 19.6 Å². The first-order valence-electron chi connectivity index (χ1n) is 6.87. The van der Waals surface area contributed by atoms with Crippen molar-refractivity contribution in [1.82, 2.24) is 9.80 Å². The topological polar surface area (TPSA) is 32.5 Å². The molecule has 0 bridgehead atoms. The predicted octanol–water partition coefficient (Wildman–Crippen LogP) is 2.58. The number of rotatable bonds is 3. The van der Waals surface area contributed by atoms with Gasteiger partial charge in [0.05, 0.1) is 11.4 Å². The molecule has 1 fully saturated rings. The maximum Gasteiger partial charge on any atom is 0.0594 e. The molecule has 3 heteroatoms. The second kappa shape index (κ2) is 9.77. The van der Waals surface area contributed by atoms with Crippen LogP contribution in [0.25, 0.3) is 0 Å². The van der Waals surface area contributed by atoms with Crippen LogP contribution in [0.1, 0.15) is 27.2 Å². The second-order valence-corrected chi connectivity index (χ2v) is 4.19. The van der Waals surface area contributed by atoms with Gasteiger partial charge >= 0.3 is 0 Å². The molecule has 0 aromatic carbocycles. The molecule has 1 heterocycles. The summed E-state index contributed by atoms with van der Waals surface area (Å²) in [7, 11) is 2.16. The van der Waals surface area contributed by atoms with E-state index >= 15 is 0 Å². The highest BCUT2D eigenvalue weighted by molar-refractivity contribution is 5.29. The third-order valence-electron chi connectivity index (χ3n) is 2.90. The number of likely N-dealkylation sites (N-methyl/N-ethyl adjacent to an activating group) is 1. The summed E-state index contributed by atoms with van der Waals surface area (Å²) in [6.07, 6.45) is 6.94. The fourth-order valence-electron chi connectivity index (χ4n) is 1.98. The first-order valence-corrected chi connectivity index (χ1v) is 6.87. The lowest BCUT2D eigenvalue weighted by molar-refractivity contribution is 0.329. The Bertz CT molecular complexity index is 292. The lowest BCUT2D eigenvalue weighted by Crippen LogP contribution is -2.29. The maximum atomic E-state index is 6.02. The number of nitrogens with zero attached hydrogens (tertiary/aromatic N) is 2. The minimum Gasteiger partial charge on any atom is -0.397 e. The highest BCUT2D eigenvalue weighted by Crippen LogP contribution is 2.13. The number of hydrogen-bond donors (Lipinski definition) is 1. The zero-order valence-electron chi connectivity index (χ0n) is 12.4. The average molecular weight is 251 g/mol. The normalized spacial score (nSPS) is 18.8. The fourth-order valence-corrected chi connectivity index (χ4v) is 1.98. The van der Waals surface area contributed by atoms with Crippen molar-refractivity contribution in [1.29, 1.82) is 0 Å². The summed E-state index contributed by atoms with van der Waals surface area (Å²) in [5.74, 6) is 0. The van der Waals surface area contributed by atoms with Gasteiger partial charge in [-0.25, -0.2) is 0 Å². The van der Waals surface area contributed by atoms with Gasteiger partial charge in [0.1, 0.15) is 0 Å². The monoisotopic (exact) mass is 251 g/mol. The lowest BCUT2D eigenvalue weighted by Gasteiger charge is -2.24. The van der Waals surface area contributed by atoms with Crippen molar-refractivity contribution in [3.8, 4) is 0 Å². The Kier molecular flexibility index (Phi) is 9.11. The molecular formula is C15H29N3. The van der Waals surface area contributed by atoms with E-state index in [9.17, 15) is 0 Å². The van der Waals surface area contributed by atoms with E-state index in [2.05, 4.69) is 23.4 Å². The quantitative estimate of drug-likeness (QED) is 0.783. The van der Waals surface area contributed by atoms with Crippen LogP contribution in [-0.2, 0) is 0 Å². The van der Waals surface area contributed by atoms with E-state index in [0.29, 0.717) is 0 Å². The smallest absolute Gasteiger partial charge is 0.0594 e. The summed E-state index contributed by atoms with van der Waals surface area (Å²) in [4.78, 5) is 4.68. The third-order valence-corrected chi connectivity index (χ3v) is 2.90. The van der Waals surface area contributed by atoms with Crippen LogP contribution in [-0.4, -0.2) is 43.0 Å². The summed E-state index contributed by atoms with van der Waals surface area (Å²) in [5, 5.41) is 0. The summed E-state index contributed by atoms with van der Waals surface area (Å²) in [5.41, 5.74) is 7.89. The van der Waals surface area contributed by atoms with Gasteiger partial charge in [-0.15, -0.1) is 0 Å². The molecule has 1 saturated heterocycles. The standard InChI is InChI=1S/C13H23N3.C2H6/c1-4-7-12(14)13(5-2)16-9-6-8-15(3)10-11-16;1-2/h4-5,7H,2,6,8-11,14H2,1,3H3;1-2H3/b7-4-,13-12-;. The summed E-state index contributed by atoms with van der Waals surface area (Å²) in [6.45, 7) is 14.2. The Balaban J connectivity index is 0.00000137. The van der Waals surface area contributed by atoms with Crippen LogP contribution in [0, 0.1) is 0 Å². The van der Waals surface area contributed by atoms with Crippen molar-refractivity contribution in [2.75, 3.05) is 33.2 Å². The van der Waals surface area contributed by atoms with E-state index in [1.165, 1.54) is 6.42 Å². The van der Waals surface area contributed by atoms with Crippen molar-refractivity contribution < 1.29 is 0 Å². The molecule has 0 aromatic rings. The SMILES string of the molecule is C=C/C(=C(N)\C=C/C)N1CCCN(C)CC1.CC. The minimum absolute atomic E-state index is 0.807. The summed E-state index contributed by atoms with van der Waals surface area (Å²) in [6, 6.07) is 0. The van der Waals surface area contributed by atoms with Crippen molar-refractivity contribution in [3.05, 3.63) is 36.2 Å². The van der Waals surface area contributed by atoms with Crippen molar-refractivity contribution >= 4 is 0 Å². The van der Waals surface area contributed by atoms with Gasteiger partial charge in [-0.3, -0.25) is 0 Å². The molecule has 2 N–H and O–H groups in total. The molecule has 1 rings (SSSR count). The molecule has 1 aliphatic rings. The Morgan fingerprint density at radius 2 is 1.83 bits per heavy atom. The molecule has 0 aromatic heterocycles. The maximum absolute atomic E-state index is 6.02. The van der Waals surface area contributed by atoms with Crippen molar-refractivity contribution in [3.63, 3.8) is 0 Å². The molecule has 0 amide bonds. The van der Waals surface area contributed by atoms with Crippen LogP contribution in [0.5, 0.6) is 0 Å². The highest BCUT2D eigenvalue weighted by atomic mass is 15.2. The molecule has 0 aliphatic carbocycles. The van der Waals surface area contributed by atoms with Gasteiger partial charge in [0.2, 0.25) is 0 Å². The van der Waals surface area contributed by atoms with Crippen molar-refractivity contribution in [2.24, 2.45) is 5.73 Å². The van der Waals surface area contributed by atoms with E-state index in [4.69, 9.17) is 5.73 Å². The summed E-state index contributed by atoms with van der Waals surface area (Å²) >= 11 is 0. The molecule has 104 valence electrons. The van der Waals surface area contributed by atoms with Crippen LogP contribution in [0.4, 0.5) is 0 Å². The molecule has 0 atom stereocenters.